The van der Waals surface area contributed by atoms with Gasteiger partial charge in [0.25, 0.3) is 0 Å². The number of thiocarbonyl (C=S) groups is 1. The molecule has 0 amide bonds. The van der Waals surface area contributed by atoms with E-state index in [0.29, 0.717) is 18.2 Å². The molecule has 1 aromatic carbocycles. The van der Waals surface area contributed by atoms with Crippen LogP contribution in [0, 0.1) is 17.1 Å². The summed E-state index contributed by atoms with van der Waals surface area (Å²) in [7, 11) is -1.77. The lowest BCUT2D eigenvalue weighted by Crippen LogP contribution is -2.29. The summed E-state index contributed by atoms with van der Waals surface area (Å²) in [5.74, 6) is -0.760. The fourth-order valence-corrected chi connectivity index (χ4v) is 2.99. The minimum absolute atomic E-state index is 0.0538. The maximum atomic E-state index is 14.2. The average molecular weight is 342 g/mol. The van der Waals surface area contributed by atoms with Crippen molar-refractivity contribution in [3.63, 3.8) is 0 Å². The molecule has 0 atom stereocenters. The van der Waals surface area contributed by atoms with Crippen LogP contribution in [-0.2, 0) is 10.0 Å². The molecule has 0 unspecified atom stereocenters. The normalized spacial score (nSPS) is 15.1. The number of rotatable bonds is 4. The van der Waals surface area contributed by atoms with Gasteiger partial charge in [0.15, 0.2) is 5.11 Å². The van der Waals surface area contributed by atoms with Crippen LogP contribution in [0.5, 0.6) is 0 Å². The van der Waals surface area contributed by atoms with Gasteiger partial charge in [0, 0.05) is 20.1 Å². The number of halogens is 1. The maximum absolute atomic E-state index is 14.2. The summed E-state index contributed by atoms with van der Waals surface area (Å²) in [6.45, 7) is 2.62. The summed E-state index contributed by atoms with van der Waals surface area (Å²) < 4.78 is 40.0. The molecule has 1 aliphatic heterocycles. The van der Waals surface area contributed by atoms with E-state index in [1.165, 1.54) is 13.0 Å². The highest BCUT2D eigenvalue weighted by Crippen LogP contribution is 2.30. The number of likely N-dealkylation sites (N-methyl/N-ethyl adjacent to an activating group) is 1. The highest BCUT2D eigenvalue weighted by Gasteiger charge is 2.26. The molecule has 0 bridgehead atoms. The molecule has 2 rings (SSSR count). The molecule has 1 aliphatic rings. The molecule has 1 fully saturated rings. The van der Waals surface area contributed by atoms with Gasteiger partial charge in [-0.25, -0.2) is 12.8 Å². The minimum atomic E-state index is -3.57. The van der Waals surface area contributed by atoms with E-state index >= 15 is 0 Å². The Balaban J connectivity index is 2.49. The van der Waals surface area contributed by atoms with Crippen molar-refractivity contribution in [3.05, 3.63) is 23.5 Å². The second kappa shape index (κ2) is 6.06. The van der Waals surface area contributed by atoms with E-state index in [4.69, 9.17) is 17.5 Å². The van der Waals surface area contributed by atoms with Crippen molar-refractivity contribution in [2.75, 3.05) is 35.5 Å². The number of hydrogen-bond donors (Lipinski definition) is 1. The van der Waals surface area contributed by atoms with Gasteiger partial charge in [0.05, 0.1) is 22.7 Å². The Labute approximate surface area is 134 Å². The molecule has 1 heterocycles. The third-order valence-corrected chi connectivity index (χ3v) is 5.18. The fraction of sp³-hybridized carbons (Fsp3) is 0.385. The summed E-state index contributed by atoms with van der Waals surface area (Å²) >= 11 is 5.22. The Hall–Kier alpha value is -1.92. The highest BCUT2D eigenvalue weighted by atomic mass is 32.2. The van der Waals surface area contributed by atoms with E-state index in [-0.39, 0.29) is 22.7 Å². The molecule has 118 valence electrons. The SMILES string of the molecule is CCS(=O)(=O)Nc1cc(N2CCN(C)C2=S)c(F)cc1C#N. The summed E-state index contributed by atoms with van der Waals surface area (Å²) in [6, 6.07) is 4.12. The second-order valence-corrected chi connectivity index (χ2v) is 7.20. The van der Waals surface area contributed by atoms with Crippen LogP contribution in [0.1, 0.15) is 12.5 Å². The van der Waals surface area contributed by atoms with Crippen LogP contribution in [0.2, 0.25) is 0 Å². The van der Waals surface area contributed by atoms with Crippen molar-refractivity contribution >= 4 is 38.7 Å². The molecule has 1 saturated heterocycles. The lowest BCUT2D eigenvalue weighted by atomic mass is 10.1. The molecule has 9 heteroatoms. The first-order valence-corrected chi connectivity index (χ1v) is 8.62. The Morgan fingerprint density at radius 3 is 2.64 bits per heavy atom. The molecule has 0 aliphatic carbocycles. The zero-order valence-corrected chi connectivity index (χ0v) is 13.8. The number of hydrogen-bond acceptors (Lipinski definition) is 4. The molecule has 0 radical (unpaired) electrons. The summed E-state index contributed by atoms with van der Waals surface area (Å²) in [4.78, 5) is 3.37. The standard InChI is InChI=1S/C13H15FN4O2S2/c1-3-22(19,20)16-11-7-12(10(14)6-9(11)8-15)18-5-4-17(2)13(18)21/h6-7,16H,3-5H2,1-2H3. The number of benzene rings is 1. The number of nitrogens with zero attached hydrogens (tertiary/aromatic N) is 3. The first-order chi connectivity index (χ1) is 10.3. The van der Waals surface area contributed by atoms with Crippen molar-refractivity contribution in [2.45, 2.75) is 6.92 Å². The molecule has 0 spiro atoms. The van der Waals surface area contributed by atoms with Crippen molar-refractivity contribution in [2.24, 2.45) is 0 Å². The van der Waals surface area contributed by atoms with Gasteiger partial charge < -0.3 is 9.80 Å². The van der Waals surface area contributed by atoms with Gasteiger partial charge in [0.1, 0.15) is 11.9 Å². The Kier molecular flexibility index (Phi) is 4.53. The van der Waals surface area contributed by atoms with Gasteiger partial charge in [-0.2, -0.15) is 5.26 Å². The van der Waals surface area contributed by atoms with E-state index in [1.54, 1.807) is 22.9 Å². The quantitative estimate of drug-likeness (QED) is 0.836. The zero-order chi connectivity index (χ0) is 16.5. The van der Waals surface area contributed by atoms with Crippen molar-refractivity contribution < 1.29 is 12.8 Å². The predicted octanol–water partition coefficient (Wildman–Crippen LogP) is 1.50. The smallest absolute Gasteiger partial charge is 0.232 e. The third-order valence-electron chi connectivity index (χ3n) is 3.36. The van der Waals surface area contributed by atoms with Gasteiger partial charge in [0.2, 0.25) is 10.0 Å². The van der Waals surface area contributed by atoms with E-state index in [2.05, 4.69) is 4.72 Å². The molecule has 0 saturated carbocycles. The summed E-state index contributed by atoms with van der Waals surface area (Å²) in [5.41, 5.74) is 0.136. The molecular formula is C13H15FN4O2S2. The van der Waals surface area contributed by atoms with Crippen LogP contribution < -0.4 is 9.62 Å². The van der Waals surface area contributed by atoms with Gasteiger partial charge in [-0.3, -0.25) is 4.72 Å². The summed E-state index contributed by atoms with van der Waals surface area (Å²) in [5, 5.41) is 9.52. The van der Waals surface area contributed by atoms with Gasteiger partial charge in [-0.1, -0.05) is 0 Å². The average Bonchev–Trinajstić information content (AvgIpc) is 2.80. The first kappa shape index (κ1) is 16.5. The number of nitrogens with one attached hydrogen (secondary N) is 1. The van der Waals surface area contributed by atoms with E-state index in [0.717, 1.165) is 6.07 Å². The molecule has 1 N–H and O–H groups in total. The zero-order valence-electron chi connectivity index (χ0n) is 12.1. The topological polar surface area (TPSA) is 76.4 Å². The van der Waals surface area contributed by atoms with Crippen LogP contribution >= 0.6 is 12.2 Å². The highest BCUT2D eigenvalue weighted by molar-refractivity contribution is 7.92. The Morgan fingerprint density at radius 2 is 2.14 bits per heavy atom. The largest absolute Gasteiger partial charge is 0.350 e. The fourth-order valence-electron chi connectivity index (χ4n) is 2.06. The van der Waals surface area contributed by atoms with Crippen molar-refractivity contribution in [3.8, 4) is 6.07 Å². The second-order valence-electron chi connectivity index (χ2n) is 4.82. The van der Waals surface area contributed by atoms with Crippen LogP contribution in [0.15, 0.2) is 12.1 Å². The summed E-state index contributed by atoms with van der Waals surface area (Å²) in [6.07, 6.45) is 0. The lowest BCUT2D eigenvalue weighted by Gasteiger charge is -2.21. The predicted molar refractivity (Wildman–Crippen MR) is 86.8 cm³/mol. The van der Waals surface area contributed by atoms with Crippen LogP contribution in [0.4, 0.5) is 15.8 Å². The number of nitriles is 1. The Morgan fingerprint density at radius 1 is 1.45 bits per heavy atom. The van der Waals surface area contributed by atoms with Crippen LogP contribution in [-0.4, -0.2) is 44.3 Å². The maximum Gasteiger partial charge on any atom is 0.232 e. The number of sulfonamides is 1. The monoisotopic (exact) mass is 342 g/mol. The molecule has 22 heavy (non-hydrogen) atoms. The minimum Gasteiger partial charge on any atom is -0.350 e. The van der Waals surface area contributed by atoms with Crippen molar-refractivity contribution in [1.82, 2.24) is 4.90 Å². The number of anilines is 2. The first-order valence-electron chi connectivity index (χ1n) is 6.56. The van der Waals surface area contributed by atoms with Gasteiger partial charge in [-0.05, 0) is 31.3 Å². The molecular weight excluding hydrogens is 327 g/mol. The van der Waals surface area contributed by atoms with Crippen LogP contribution in [0.3, 0.4) is 0 Å². The van der Waals surface area contributed by atoms with E-state index in [9.17, 15) is 12.8 Å². The van der Waals surface area contributed by atoms with Gasteiger partial charge in [-0.15, -0.1) is 0 Å². The van der Waals surface area contributed by atoms with Crippen LogP contribution in [0.25, 0.3) is 0 Å². The molecule has 6 nitrogen and oxygen atoms in total. The lowest BCUT2D eigenvalue weighted by molar-refractivity contribution is 0.571. The third kappa shape index (κ3) is 3.13. The van der Waals surface area contributed by atoms with E-state index in [1.807, 2.05) is 0 Å². The van der Waals surface area contributed by atoms with Crippen molar-refractivity contribution in [1.29, 1.82) is 5.26 Å². The molecule has 1 aromatic rings. The van der Waals surface area contributed by atoms with Gasteiger partial charge >= 0.3 is 0 Å². The Bertz CT molecular complexity index is 758. The van der Waals surface area contributed by atoms with E-state index < -0.39 is 15.8 Å². The molecule has 0 aromatic heterocycles.